The number of fused-ring (bicyclic) bond motifs is 4. The Labute approximate surface area is 612 Å². The van der Waals surface area contributed by atoms with Crippen molar-refractivity contribution in [2.45, 2.75) is 64.9 Å². The number of hydrogen-bond acceptors (Lipinski definition) is 13. The average Bonchev–Trinajstić information content (AvgIpc) is 1.65. The monoisotopic (exact) mass is 1440 g/mol. The Morgan fingerprint density at radius 2 is 0.592 bits per heavy atom. The van der Waals surface area contributed by atoms with Crippen molar-refractivity contribution in [1.29, 1.82) is 0 Å². The number of hydrogen-bond donors (Lipinski definition) is 0. The lowest BCUT2D eigenvalue weighted by Gasteiger charge is -2.10. The second-order valence-electron chi connectivity index (χ2n) is 24.7. The summed E-state index contributed by atoms with van der Waals surface area (Å²) in [7, 11) is 0. The maximum absolute atomic E-state index is 12.9. The Kier molecular flexibility index (Phi) is 20.5. The largest absolute Gasteiger partial charge is 0.376 e. The van der Waals surface area contributed by atoms with E-state index in [0.717, 1.165) is 109 Å². The van der Waals surface area contributed by atoms with Crippen molar-refractivity contribution < 1.29 is 9.13 Å². The third-order valence-corrected chi connectivity index (χ3v) is 19.4. The highest BCUT2D eigenvalue weighted by molar-refractivity contribution is 6.40. The van der Waals surface area contributed by atoms with E-state index < -0.39 is 6.67 Å². The first-order valence-corrected chi connectivity index (χ1v) is 35.5. The zero-order chi connectivity index (χ0) is 70.2. The summed E-state index contributed by atoms with van der Waals surface area (Å²) in [6.45, 7) is 4.64. The predicted octanol–water partition coefficient (Wildman–Crippen LogP) is 19.8. The van der Waals surface area contributed by atoms with Crippen LogP contribution in [0, 0.1) is 5.92 Å². The van der Waals surface area contributed by atoms with E-state index in [0.29, 0.717) is 89.9 Å². The van der Waals surface area contributed by atoms with Crippen molar-refractivity contribution in [2.75, 3.05) is 13.3 Å². The van der Waals surface area contributed by atoms with Crippen LogP contribution in [0.1, 0.15) is 32.6 Å². The Bertz CT molecular complexity index is 5580. The molecule has 0 amide bonds. The Morgan fingerprint density at radius 3 is 0.864 bits per heavy atom. The van der Waals surface area contributed by atoms with Gasteiger partial charge in [0.05, 0.1) is 60.8 Å². The highest BCUT2D eigenvalue weighted by Gasteiger charge is 2.29. The molecule has 1 saturated heterocycles. The average molecular weight is 1440 g/mol. The number of halogens is 5. The van der Waals surface area contributed by atoms with Crippen molar-refractivity contribution in [3.8, 4) is 90.1 Å². The molecular weight excluding hydrogens is 1370 g/mol. The van der Waals surface area contributed by atoms with Crippen LogP contribution < -0.4 is 0 Å². The molecule has 17 nitrogen and oxygen atoms in total. The van der Waals surface area contributed by atoms with Gasteiger partial charge in [0.15, 0.2) is 22.6 Å². The molecule has 510 valence electrons. The minimum absolute atomic E-state index is 0.110. The first-order chi connectivity index (χ1) is 50.7. The van der Waals surface area contributed by atoms with Gasteiger partial charge in [0.25, 0.3) is 0 Å². The normalized spacial score (nSPS) is 13.4. The fourth-order valence-electron chi connectivity index (χ4n) is 12.6. The van der Waals surface area contributed by atoms with Crippen LogP contribution in [0.25, 0.3) is 134 Å². The molecule has 0 bridgehead atoms. The lowest BCUT2D eigenvalue weighted by Crippen LogP contribution is -2.16. The lowest BCUT2D eigenvalue weighted by atomic mass is 10.1. The van der Waals surface area contributed by atoms with Crippen molar-refractivity contribution >= 4 is 90.5 Å². The quantitative estimate of drug-likeness (QED) is 0.0945. The second-order valence-corrected chi connectivity index (χ2v) is 26.2. The molecule has 2 aliphatic rings. The van der Waals surface area contributed by atoms with Crippen LogP contribution in [0.15, 0.2) is 243 Å². The molecule has 22 heteroatoms. The van der Waals surface area contributed by atoms with Gasteiger partial charge >= 0.3 is 0 Å². The SMILES string of the molecule is CCn1nc(-c2ccccc2)c2c(Cl)c(-c3ccccc3)nnc21.Clc1c(-c2ccccc2)nnc2c1c(-c1ccccc1)nn2CC1CC1.Clc1c(-c2ccccc2)nnc2c1c(-c1ccccc1)nn2C[C@H]1CCCO1.FCCn1nc(-c2ccccc2)c2c(Cl)c(-c3ccccc3)nnc21. The van der Waals surface area contributed by atoms with Gasteiger partial charge in [-0.3, -0.25) is 0 Å². The Balaban J connectivity index is 0.000000111. The molecule has 0 spiro atoms. The van der Waals surface area contributed by atoms with Crippen LogP contribution >= 0.6 is 46.4 Å². The molecule has 16 aromatic rings. The molecule has 103 heavy (non-hydrogen) atoms. The van der Waals surface area contributed by atoms with Gasteiger partial charge in [-0.15, -0.1) is 40.8 Å². The topological polar surface area (TPSA) is 184 Å². The summed E-state index contributed by atoms with van der Waals surface area (Å²) in [6.07, 6.45) is 4.78. The third kappa shape index (κ3) is 14.4. The highest BCUT2D eigenvalue weighted by Crippen LogP contribution is 2.43. The van der Waals surface area contributed by atoms with E-state index in [1.54, 1.807) is 0 Å². The number of ether oxygens (including phenoxy) is 1. The van der Waals surface area contributed by atoms with Crippen LogP contribution in [0.5, 0.6) is 0 Å². The molecule has 0 radical (unpaired) electrons. The zero-order valence-corrected chi connectivity index (χ0v) is 58.8. The van der Waals surface area contributed by atoms with E-state index in [1.165, 1.54) is 17.5 Å². The molecular formula is C81H65Cl4FN16O. The first-order valence-electron chi connectivity index (χ1n) is 34.0. The molecule has 8 aromatic heterocycles. The molecule has 8 aromatic carbocycles. The number of aryl methyl sites for hydroxylation is 2. The number of benzene rings is 8. The van der Waals surface area contributed by atoms with E-state index in [2.05, 4.69) is 58.0 Å². The van der Waals surface area contributed by atoms with Gasteiger partial charge in [-0.1, -0.05) is 289 Å². The zero-order valence-electron chi connectivity index (χ0n) is 55.8. The van der Waals surface area contributed by atoms with Crippen molar-refractivity contribution in [3.05, 3.63) is 263 Å². The van der Waals surface area contributed by atoms with Crippen molar-refractivity contribution in [1.82, 2.24) is 79.9 Å². The van der Waals surface area contributed by atoms with E-state index in [-0.39, 0.29) is 12.6 Å². The fraction of sp³-hybridized carbons (Fsp3) is 0.160. The van der Waals surface area contributed by atoms with E-state index >= 15 is 0 Å². The van der Waals surface area contributed by atoms with Gasteiger partial charge in [0.2, 0.25) is 0 Å². The van der Waals surface area contributed by atoms with Crippen molar-refractivity contribution in [3.63, 3.8) is 0 Å². The Morgan fingerprint density at radius 1 is 0.330 bits per heavy atom. The molecule has 0 N–H and O–H groups in total. The van der Waals surface area contributed by atoms with Gasteiger partial charge < -0.3 is 4.74 Å². The summed E-state index contributed by atoms with van der Waals surface area (Å²) in [5.74, 6) is 0.691. The predicted molar refractivity (Wildman–Crippen MR) is 408 cm³/mol. The summed E-state index contributed by atoms with van der Waals surface area (Å²) in [5, 5.41) is 59.7. The fourth-order valence-corrected chi connectivity index (χ4v) is 13.9. The number of alkyl halides is 1. The number of aromatic nitrogens is 16. The van der Waals surface area contributed by atoms with E-state index in [1.807, 2.05) is 251 Å². The number of nitrogens with zero attached hydrogens (tertiary/aromatic N) is 16. The smallest absolute Gasteiger partial charge is 0.182 e. The van der Waals surface area contributed by atoms with E-state index in [9.17, 15) is 4.39 Å². The second kappa shape index (κ2) is 31.1. The molecule has 1 aliphatic carbocycles. The summed E-state index contributed by atoms with van der Waals surface area (Å²) < 4.78 is 25.9. The van der Waals surface area contributed by atoms with Crippen molar-refractivity contribution in [2.24, 2.45) is 5.92 Å². The maximum atomic E-state index is 12.9. The lowest BCUT2D eigenvalue weighted by molar-refractivity contribution is 0.0950. The highest BCUT2D eigenvalue weighted by atomic mass is 35.5. The van der Waals surface area contributed by atoms with Crippen LogP contribution in [0.4, 0.5) is 4.39 Å². The molecule has 1 atom stereocenters. The summed E-state index contributed by atoms with van der Waals surface area (Å²) in [5.41, 5.74) is 16.2. The van der Waals surface area contributed by atoms with Crippen LogP contribution in [0.3, 0.4) is 0 Å². The van der Waals surface area contributed by atoms with Crippen LogP contribution in [0.2, 0.25) is 20.1 Å². The third-order valence-electron chi connectivity index (χ3n) is 17.9. The molecule has 1 aliphatic heterocycles. The minimum Gasteiger partial charge on any atom is -0.376 e. The van der Waals surface area contributed by atoms with Crippen LogP contribution in [-0.4, -0.2) is 99.3 Å². The van der Waals surface area contributed by atoms with Gasteiger partial charge in [-0.25, -0.2) is 23.1 Å². The minimum atomic E-state index is -0.537. The van der Waals surface area contributed by atoms with Crippen LogP contribution in [-0.2, 0) is 30.9 Å². The van der Waals surface area contributed by atoms with Gasteiger partial charge in [0, 0.05) is 64.2 Å². The molecule has 0 unspecified atom stereocenters. The summed E-state index contributed by atoms with van der Waals surface area (Å²) in [6, 6.07) is 79.2. The van der Waals surface area contributed by atoms with Gasteiger partial charge in [0.1, 0.15) is 52.2 Å². The molecule has 1 saturated carbocycles. The summed E-state index contributed by atoms with van der Waals surface area (Å²) in [4.78, 5) is 0. The summed E-state index contributed by atoms with van der Waals surface area (Å²) >= 11 is 27.2. The van der Waals surface area contributed by atoms with Gasteiger partial charge in [-0.2, -0.15) is 20.4 Å². The molecule has 9 heterocycles. The molecule has 18 rings (SSSR count). The first kappa shape index (κ1) is 67.8. The standard InChI is InChI=1S/C22H19ClN4O.C21H17ClN4.C19H14ClFN4.C19H15ClN4/c23-19-18-20(15-8-3-1-4-9-15)26-27(14-17-12-7-13-28-17)22(18)25-24-21(19)16-10-5-2-6-11-16;22-18-17-19(15-7-3-1-4-8-15)25-26(13-14-11-12-14)21(17)24-23-20(18)16-9-5-2-6-10-16;20-16-15-17(13-7-3-1-4-8-13)24-25(12-11-21)19(15)23-22-18(16)14-9-5-2-6-10-14;1-2-24-19-15(17(23-24)13-9-5-3-6-10-13)16(20)18(21-22-19)14-11-7-4-8-12-14/h1-6,8-11,17H,7,12-14H2;1-10,14H,11-13H2;1-10H,11-12H2;3-12H,2H2,1H3/t17-;;;/m1.../s1. The Hall–Kier alpha value is -11.0. The van der Waals surface area contributed by atoms with E-state index in [4.69, 9.17) is 66.4 Å². The number of rotatable bonds is 15. The maximum Gasteiger partial charge on any atom is 0.182 e. The van der Waals surface area contributed by atoms with Gasteiger partial charge in [-0.05, 0) is 38.5 Å². The molecule has 2 fully saturated rings.